The second-order valence-corrected chi connectivity index (χ2v) is 25.3. The third-order valence-corrected chi connectivity index (χ3v) is 17.3. The Labute approximate surface area is 495 Å². The lowest BCUT2D eigenvalue weighted by Gasteiger charge is -2.22. The molecule has 0 saturated carbocycles. The van der Waals surface area contributed by atoms with Crippen LogP contribution in [-0.2, 0) is 14.3 Å². The summed E-state index contributed by atoms with van der Waals surface area (Å²) in [5.41, 5.74) is 0. The van der Waals surface area contributed by atoms with Crippen molar-refractivity contribution in [3.8, 4) is 0 Å². The summed E-state index contributed by atoms with van der Waals surface area (Å²) in [5.74, 6) is -0.00777. The molecule has 0 heterocycles. The largest absolute Gasteiger partial charge is 0.466 e. The highest BCUT2D eigenvalue weighted by molar-refractivity contribution is 5.76. The van der Waals surface area contributed by atoms with Crippen molar-refractivity contribution < 1.29 is 24.5 Å². The predicted octanol–water partition coefficient (Wildman–Crippen LogP) is 23.5. The number of nitrogens with one attached hydrogen (secondary N) is 1. The van der Waals surface area contributed by atoms with Crippen LogP contribution in [0.3, 0.4) is 0 Å². The average Bonchev–Trinajstić information content (AvgIpc) is 3.45. The summed E-state index contributed by atoms with van der Waals surface area (Å²) >= 11 is 0. The second-order valence-electron chi connectivity index (χ2n) is 25.3. The van der Waals surface area contributed by atoms with E-state index in [1.54, 1.807) is 0 Å². The van der Waals surface area contributed by atoms with E-state index >= 15 is 0 Å². The summed E-state index contributed by atoms with van der Waals surface area (Å²) in [6.45, 7) is 4.99. The first-order chi connectivity index (χ1) is 39.0. The Balaban J connectivity index is 3.30. The maximum absolute atomic E-state index is 12.5. The van der Waals surface area contributed by atoms with Crippen molar-refractivity contribution in [1.29, 1.82) is 0 Å². The highest BCUT2D eigenvalue weighted by Gasteiger charge is 2.20. The Morgan fingerprint density at radius 1 is 0.342 bits per heavy atom. The van der Waals surface area contributed by atoms with Gasteiger partial charge in [-0.15, -0.1) is 0 Å². The van der Waals surface area contributed by atoms with E-state index in [0.29, 0.717) is 25.9 Å². The Morgan fingerprint density at radius 2 is 0.595 bits per heavy atom. The molecular weight excluding hydrogens is 971 g/mol. The number of unbranched alkanes of at least 4 members (excludes halogenated alkanes) is 56. The fourth-order valence-electron chi connectivity index (χ4n) is 11.8. The van der Waals surface area contributed by atoms with Crippen molar-refractivity contribution in [2.24, 2.45) is 0 Å². The third kappa shape index (κ3) is 65.6. The number of carbonyl (C=O) groups excluding carboxylic acids is 2. The summed E-state index contributed by atoms with van der Waals surface area (Å²) < 4.78 is 5.51. The van der Waals surface area contributed by atoms with E-state index in [1.165, 1.54) is 347 Å². The minimum Gasteiger partial charge on any atom is -0.466 e. The molecule has 0 aliphatic heterocycles. The molecule has 0 aliphatic rings. The maximum Gasteiger partial charge on any atom is 0.305 e. The first kappa shape index (κ1) is 77.6. The van der Waals surface area contributed by atoms with E-state index in [4.69, 9.17) is 4.74 Å². The van der Waals surface area contributed by atoms with Gasteiger partial charge in [-0.3, -0.25) is 9.59 Å². The SMILES string of the molecule is CCCCCCCC/C=C\CCCCCCCCCCCC(=O)OCCCCCCCCCCCCCCCCCCCCCCCCCCCCCCCCC(=O)NC(CO)C(O)CCCCCCCCCCCCCCC. The number of hydrogen-bond acceptors (Lipinski definition) is 5. The lowest BCUT2D eigenvalue weighted by atomic mass is 10.0. The van der Waals surface area contributed by atoms with E-state index in [9.17, 15) is 19.8 Å². The zero-order chi connectivity index (χ0) is 57.1. The molecule has 0 rings (SSSR count). The predicted molar refractivity (Wildman–Crippen MR) is 347 cm³/mol. The molecule has 0 bridgehead atoms. The van der Waals surface area contributed by atoms with E-state index in [0.717, 1.165) is 38.5 Å². The van der Waals surface area contributed by atoms with Gasteiger partial charge in [-0.2, -0.15) is 0 Å². The quantitative estimate of drug-likeness (QED) is 0.0320. The smallest absolute Gasteiger partial charge is 0.305 e. The fourth-order valence-corrected chi connectivity index (χ4v) is 11.8. The number of aliphatic hydroxyl groups excluding tert-OH is 2. The minimum atomic E-state index is -0.660. The Bertz CT molecular complexity index is 1190. The van der Waals surface area contributed by atoms with Crippen LogP contribution in [0, 0.1) is 0 Å². The molecule has 2 atom stereocenters. The molecular formula is C73H143NO5. The van der Waals surface area contributed by atoms with Gasteiger partial charge < -0.3 is 20.3 Å². The first-order valence-electron chi connectivity index (χ1n) is 36.4. The molecule has 0 aromatic heterocycles. The molecule has 0 saturated heterocycles. The topological polar surface area (TPSA) is 95.9 Å². The Kier molecular flexibility index (Phi) is 67.9. The lowest BCUT2D eigenvalue weighted by Crippen LogP contribution is -2.45. The number of allylic oxidation sites excluding steroid dienone is 2. The van der Waals surface area contributed by atoms with Crippen molar-refractivity contribution in [2.75, 3.05) is 13.2 Å². The highest BCUT2D eigenvalue weighted by atomic mass is 16.5. The van der Waals surface area contributed by atoms with E-state index < -0.39 is 12.1 Å². The summed E-state index contributed by atoms with van der Waals surface area (Å²) in [6.07, 6.45) is 85.6. The van der Waals surface area contributed by atoms with Gasteiger partial charge in [-0.1, -0.05) is 366 Å². The molecule has 0 aromatic carbocycles. The molecule has 0 fully saturated rings. The maximum atomic E-state index is 12.5. The van der Waals surface area contributed by atoms with Crippen LogP contribution in [0.2, 0.25) is 0 Å². The van der Waals surface area contributed by atoms with Crippen molar-refractivity contribution in [3.05, 3.63) is 12.2 Å². The van der Waals surface area contributed by atoms with Crippen LogP contribution in [-0.4, -0.2) is 47.4 Å². The number of esters is 1. The van der Waals surface area contributed by atoms with Crippen LogP contribution in [0.1, 0.15) is 418 Å². The zero-order valence-electron chi connectivity index (χ0n) is 53.9. The number of rotatable bonds is 69. The molecule has 6 heteroatoms. The summed E-state index contributed by atoms with van der Waals surface area (Å²) in [7, 11) is 0. The van der Waals surface area contributed by atoms with Gasteiger partial charge in [0.2, 0.25) is 5.91 Å². The molecule has 0 aromatic rings. The Morgan fingerprint density at radius 3 is 0.899 bits per heavy atom. The van der Waals surface area contributed by atoms with E-state index in [2.05, 4.69) is 31.3 Å². The second kappa shape index (κ2) is 69.1. The summed E-state index contributed by atoms with van der Waals surface area (Å²) in [4.78, 5) is 24.6. The number of aliphatic hydroxyl groups is 2. The van der Waals surface area contributed by atoms with Gasteiger partial charge in [0.15, 0.2) is 0 Å². The lowest BCUT2D eigenvalue weighted by molar-refractivity contribution is -0.143. The highest BCUT2D eigenvalue weighted by Crippen LogP contribution is 2.19. The fraction of sp³-hybridized carbons (Fsp3) is 0.945. The van der Waals surface area contributed by atoms with Crippen molar-refractivity contribution >= 4 is 11.9 Å². The molecule has 79 heavy (non-hydrogen) atoms. The molecule has 0 radical (unpaired) electrons. The van der Waals surface area contributed by atoms with Crippen LogP contribution >= 0.6 is 0 Å². The minimum absolute atomic E-state index is 0.0207. The zero-order valence-corrected chi connectivity index (χ0v) is 53.9. The number of hydrogen-bond donors (Lipinski definition) is 3. The van der Waals surface area contributed by atoms with E-state index in [1.807, 2.05) is 0 Å². The van der Waals surface area contributed by atoms with Gasteiger partial charge >= 0.3 is 5.97 Å². The van der Waals surface area contributed by atoms with Crippen LogP contribution in [0.25, 0.3) is 0 Å². The molecule has 470 valence electrons. The number of carbonyl (C=O) groups is 2. The van der Waals surface area contributed by atoms with Gasteiger partial charge in [-0.25, -0.2) is 0 Å². The third-order valence-electron chi connectivity index (χ3n) is 17.3. The van der Waals surface area contributed by atoms with Crippen LogP contribution in [0.4, 0.5) is 0 Å². The summed E-state index contributed by atoms with van der Waals surface area (Å²) in [5, 5.41) is 23.3. The van der Waals surface area contributed by atoms with Crippen LogP contribution in [0.5, 0.6) is 0 Å². The first-order valence-corrected chi connectivity index (χ1v) is 36.4. The molecule has 1 amide bonds. The van der Waals surface area contributed by atoms with Gasteiger partial charge in [0.1, 0.15) is 0 Å². The van der Waals surface area contributed by atoms with Crippen LogP contribution in [0.15, 0.2) is 12.2 Å². The Hall–Kier alpha value is -1.40. The number of amides is 1. The average molecular weight is 1110 g/mol. The molecule has 6 nitrogen and oxygen atoms in total. The van der Waals surface area contributed by atoms with Crippen molar-refractivity contribution in [3.63, 3.8) is 0 Å². The van der Waals surface area contributed by atoms with E-state index in [-0.39, 0.29) is 18.5 Å². The van der Waals surface area contributed by atoms with Gasteiger partial charge in [0, 0.05) is 12.8 Å². The standard InChI is InChI=1S/C73H143NO5/c1-3-5-7-9-11-13-15-17-18-19-32-36-39-43-47-51-55-59-63-67-73(78)79-68-64-60-56-52-48-44-40-37-34-31-29-27-25-23-21-20-22-24-26-28-30-33-35-38-42-46-50-54-58-62-66-72(77)74-70(69-75)71(76)65-61-57-53-49-45-41-16-14-12-10-8-6-4-2/h17-18,70-71,75-76H,3-16,19-69H2,1-2H3,(H,74,77)/b18-17-. The van der Waals surface area contributed by atoms with Gasteiger partial charge in [0.25, 0.3) is 0 Å². The monoisotopic (exact) mass is 1110 g/mol. The molecule has 3 N–H and O–H groups in total. The van der Waals surface area contributed by atoms with Crippen molar-refractivity contribution in [1.82, 2.24) is 5.32 Å². The normalized spacial score (nSPS) is 12.5. The van der Waals surface area contributed by atoms with Crippen LogP contribution < -0.4 is 5.32 Å². The number of ether oxygens (including phenoxy) is 1. The van der Waals surface area contributed by atoms with Crippen molar-refractivity contribution in [2.45, 2.75) is 431 Å². The summed E-state index contributed by atoms with van der Waals surface area (Å²) in [6, 6.07) is -0.537. The van der Waals surface area contributed by atoms with Gasteiger partial charge in [-0.05, 0) is 51.4 Å². The molecule has 0 spiro atoms. The molecule has 2 unspecified atom stereocenters. The van der Waals surface area contributed by atoms with Gasteiger partial charge in [0.05, 0.1) is 25.4 Å². The molecule has 0 aliphatic carbocycles.